The molecule has 6 nitrogen and oxygen atoms in total. The largest absolute Gasteiger partial charge is 0.497 e. The van der Waals surface area contributed by atoms with E-state index in [9.17, 15) is 9.59 Å². The Bertz CT molecular complexity index is 1360. The third-order valence-electron chi connectivity index (χ3n) is 7.13. The molecule has 41 heavy (non-hydrogen) atoms. The number of benzene rings is 4. The van der Waals surface area contributed by atoms with Gasteiger partial charge in [0, 0.05) is 25.9 Å². The second kappa shape index (κ2) is 15.3. The van der Waals surface area contributed by atoms with Crippen molar-refractivity contribution in [2.75, 3.05) is 20.8 Å². The molecule has 4 aromatic carbocycles. The Morgan fingerprint density at radius 2 is 1.17 bits per heavy atom. The number of nitrogens with one attached hydrogen (secondary N) is 1. The fourth-order valence-corrected chi connectivity index (χ4v) is 4.76. The zero-order valence-electron chi connectivity index (χ0n) is 23.8. The molecule has 1 atom stereocenters. The summed E-state index contributed by atoms with van der Waals surface area (Å²) >= 11 is 0. The van der Waals surface area contributed by atoms with E-state index in [1.54, 1.807) is 19.1 Å². The summed E-state index contributed by atoms with van der Waals surface area (Å²) in [7, 11) is 3.27. The summed E-state index contributed by atoms with van der Waals surface area (Å²) < 4.78 is 10.6. The quantitative estimate of drug-likeness (QED) is 0.221. The molecule has 0 unspecified atom stereocenters. The van der Waals surface area contributed by atoms with Crippen LogP contribution in [0.4, 0.5) is 0 Å². The molecule has 2 amide bonds. The fourth-order valence-electron chi connectivity index (χ4n) is 4.76. The number of methoxy groups -OCH3 is 2. The van der Waals surface area contributed by atoms with Crippen molar-refractivity contribution in [2.24, 2.45) is 0 Å². The van der Waals surface area contributed by atoms with Gasteiger partial charge in [-0.25, -0.2) is 0 Å². The van der Waals surface area contributed by atoms with Gasteiger partial charge < -0.3 is 19.7 Å². The van der Waals surface area contributed by atoms with Gasteiger partial charge in [-0.05, 0) is 59.4 Å². The van der Waals surface area contributed by atoms with E-state index in [2.05, 4.69) is 5.32 Å². The molecule has 4 aromatic rings. The summed E-state index contributed by atoms with van der Waals surface area (Å²) in [4.78, 5) is 29.4. The zero-order chi connectivity index (χ0) is 28.9. The Morgan fingerprint density at radius 1 is 0.659 bits per heavy atom. The lowest BCUT2D eigenvalue weighted by atomic mass is 10.0. The van der Waals surface area contributed by atoms with Crippen LogP contribution in [0.5, 0.6) is 11.5 Å². The summed E-state index contributed by atoms with van der Waals surface area (Å²) in [6.07, 6.45) is 2.01. The zero-order valence-corrected chi connectivity index (χ0v) is 23.8. The highest BCUT2D eigenvalue weighted by atomic mass is 16.5. The van der Waals surface area contributed by atoms with Gasteiger partial charge in [0.25, 0.3) is 0 Å². The lowest BCUT2D eigenvalue weighted by Gasteiger charge is -2.32. The Morgan fingerprint density at radius 3 is 1.73 bits per heavy atom. The molecular weight excluding hydrogens is 512 g/mol. The Balaban J connectivity index is 1.55. The van der Waals surface area contributed by atoms with Gasteiger partial charge in [0.1, 0.15) is 17.5 Å². The number of carbonyl (C=O) groups excluding carboxylic acids is 2. The van der Waals surface area contributed by atoms with E-state index in [4.69, 9.17) is 9.47 Å². The molecule has 0 aliphatic heterocycles. The molecule has 4 rings (SSSR count). The first-order chi connectivity index (χ1) is 20.1. The number of hydrogen-bond donors (Lipinski definition) is 1. The molecule has 0 saturated heterocycles. The van der Waals surface area contributed by atoms with Gasteiger partial charge in [-0.1, -0.05) is 84.9 Å². The maximum atomic E-state index is 13.8. The molecule has 0 bridgehead atoms. The van der Waals surface area contributed by atoms with Gasteiger partial charge in [-0.15, -0.1) is 0 Å². The molecule has 0 aliphatic carbocycles. The Labute approximate surface area is 242 Å². The Kier molecular flexibility index (Phi) is 11.0. The standard InChI is InChI=1S/C35H38N2O4/c1-40-31-18-13-28(14-19-31)23-24-36-35(39)33(25-29-11-7-4-8-12-29)37(26-30-15-20-32(41-2)21-16-30)34(38)22-17-27-9-5-3-6-10-27/h3-16,18-21,33H,17,22-26H2,1-2H3,(H,36,39)/t33-/m1/s1. The molecule has 0 spiro atoms. The summed E-state index contributed by atoms with van der Waals surface area (Å²) in [5, 5.41) is 3.11. The van der Waals surface area contributed by atoms with Crippen LogP contribution >= 0.6 is 0 Å². The van der Waals surface area contributed by atoms with Crippen LogP contribution in [0.1, 0.15) is 28.7 Å². The van der Waals surface area contributed by atoms with E-state index in [-0.39, 0.29) is 11.8 Å². The number of amides is 2. The van der Waals surface area contributed by atoms with Crippen LogP contribution in [-0.2, 0) is 35.4 Å². The molecule has 0 heterocycles. The van der Waals surface area contributed by atoms with Crippen molar-refractivity contribution in [3.05, 3.63) is 131 Å². The third-order valence-corrected chi connectivity index (χ3v) is 7.13. The maximum Gasteiger partial charge on any atom is 0.243 e. The minimum absolute atomic E-state index is 0.0593. The van der Waals surface area contributed by atoms with Gasteiger partial charge >= 0.3 is 0 Å². The summed E-state index contributed by atoms with van der Waals surface area (Å²) in [5.74, 6) is 1.32. The molecule has 0 radical (unpaired) electrons. The predicted octanol–water partition coefficient (Wildman–Crippen LogP) is 5.64. The number of rotatable bonds is 14. The third kappa shape index (κ3) is 8.97. The van der Waals surface area contributed by atoms with Gasteiger partial charge in [-0.3, -0.25) is 9.59 Å². The van der Waals surface area contributed by atoms with Crippen LogP contribution in [0.15, 0.2) is 109 Å². The highest BCUT2D eigenvalue weighted by Gasteiger charge is 2.30. The average Bonchev–Trinajstić information content (AvgIpc) is 3.03. The number of hydrogen-bond acceptors (Lipinski definition) is 4. The summed E-state index contributed by atoms with van der Waals surface area (Å²) in [6.45, 7) is 0.784. The lowest BCUT2D eigenvalue weighted by molar-refractivity contribution is -0.141. The molecular formula is C35H38N2O4. The summed E-state index contributed by atoms with van der Waals surface area (Å²) in [6, 6.07) is 34.6. The predicted molar refractivity (Wildman–Crippen MR) is 162 cm³/mol. The number of carbonyl (C=O) groups is 2. The van der Waals surface area contributed by atoms with Gasteiger partial charge in [-0.2, -0.15) is 0 Å². The first-order valence-corrected chi connectivity index (χ1v) is 14.0. The monoisotopic (exact) mass is 550 g/mol. The lowest BCUT2D eigenvalue weighted by Crippen LogP contribution is -2.50. The van der Waals surface area contributed by atoms with Crippen LogP contribution in [-0.4, -0.2) is 43.5 Å². The topological polar surface area (TPSA) is 67.9 Å². The van der Waals surface area contributed by atoms with E-state index in [0.717, 1.165) is 33.8 Å². The van der Waals surface area contributed by atoms with Crippen molar-refractivity contribution in [1.82, 2.24) is 10.2 Å². The highest BCUT2D eigenvalue weighted by Crippen LogP contribution is 2.19. The summed E-state index contributed by atoms with van der Waals surface area (Å²) in [5.41, 5.74) is 4.12. The van der Waals surface area contributed by atoms with Crippen molar-refractivity contribution in [2.45, 2.75) is 38.3 Å². The molecule has 0 fully saturated rings. The van der Waals surface area contributed by atoms with Crippen molar-refractivity contribution in [3.63, 3.8) is 0 Å². The Hall–Kier alpha value is -4.58. The molecule has 0 aromatic heterocycles. The molecule has 1 N–H and O–H groups in total. The molecule has 0 aliphatic rings. The first kappa shape index (κ1) is 29.4. The minimum Gasteiger partial charge on any atom is -0.497 e. The second-order valence-electron chi connectivity index (χ2n) is 9.95. The number of nitrogens with zero attached hydrogens (tertiary/aromatic N) is 1. The molecule has 212 valence electrons. The minimum atomic E-state index is -0.668. The highest BCUT2D eigenvalue weighted by molar-refractivity contribution is 5.88. The van der Waals surface area contributed by atoms with Crippen LogP contribution in [0.25, 0.3) is 0 Å². The van der Waals surface area contributed by atoms with Crippen LogP contribution < -0.4 is 14.8 Å². The number of aryl methyl sites for hydroxylation is 1. The van der Waals surface area contributed by atoms with Crippen LogP contribution in [0.2, 0.25) is 0 Å². The maximum absolute atomic E-state index is 13.8. The van der Waals surface area contributed by atoms with E-state index in [1.807, 2.05) is 109 Å². The average molecular weight is 551 g/mol. The van der Waals surface area contributed by atoms with Crippen LogP contribution in [0, 0.1) is 0 Å². The SMILES string of the molecule is COc1ccc(CCNC(=O)[C@@H](Cc2ccccc2)N(Cc2ccc(OC)cc2)C(=O)CCc2ccccc2)cc1. The molecule has 6 heteroatoms. The first-order valence-electron chi connectivity index (χ1n) is 14.0. The van der Waals surface area contributed by atoms with Crippen LogP contribution in [0.3, 0.4) is 0 Å². The second-order valence-corrected chi connectivity index (χ2v) is 9.95. The number of ether oxygens (including phenoxy) is 2. The smallest absolute Gasteiger partial charge is 0.243 e. The van der Waals surface area contributed by atoms with Crippen molar-refractivity contribution in [1.29, 1.82) is 0 Å². The normalized spacial score (nSPS) is 11.4. The van der Waals surface area contributed by atoms with E-state index >= 15 is 0 Å². The fraction of sp³-hybridized carbons (Fsp3) is 0.257. The van der Waals surface area contributed by atoms with Gasteiger partial charge in [0.2, 0.25) is 11.8 Å². The van der Waals surface area contributed by atoms with Gasteiger partial charge in [0.15, 0.2) is 0 Å². The van der Waals surface area contributed by atoms with Crippen molar-refractivity contribution < 1.29 is 19.1 Å². The van der Waals surface area contributed by atoms with E-state index in [1.165, 1.54) is 0 Å². The van der Waals surface area contributed by atoms with Gasteiger partial charge in [0.05, 0.1) is 14.2 Å². The van der Waals surface area contributed by atoms with E-state index < -0.39 is 6.04 Å². The van der Waals surface area contributed by atoms with Crippen molar-refractivity contribution in [3.8, 4) is 11.5 Å². The van der Waals surface area contributed by atoms with Crippen molar-refractivity contribution >= 4 is 11.8 Å². The molecule has 0 saturated carbocycles. The van der Waals surface area contributed by atoms with E-state index in [0.29, 0.717) is 38.8 Å².